The topological polar surface area (TPSA) is 31.2 Å². The zero-order valence-corrected chi connectivity index (χ0v) is 15.6. The van der Waals surface area contributed by atoms with Gasteiger partial charge in [-0.2, -0.15) is 0 Å². The van der Waals surface area contributed by atoms with Crippen molar-refractivity contribution in [1.29, 1.82) is 0 Å². The summed E-state index contributed by atoms with van der Waals surface area (Å²) >= 11 is 6.23. The van der Waals surface area contributed by atoms with Crippen molar-refractivity contribution in [2.75, 3.05) is 6.61 Å². The second-order valence-corrected chi connectivity index (χ2v) is 6.65. The molecule has 1 aromatic heterocycles. The molecule has 0 saturated carbocycles. The van der Waals surface area contributed by atoms with Gasteiger partial charge < -0.3 is 9.30 Å². The Labute approximate surface area is 153 Å². The number of hydrogen-bond donors (Lipinski definition) is 0. The third kappa shape index (κ3) is 3.42. The van der Waals surface area contributed by atoms with Gasteiger partial charge in [-0.25, -0.2) is 0 Å². The van der Waals surface area contributed by atoms with Gasteiger partial charge in [-0.3, -0.25) is 4.79 Å². The molecule has 0 amide bonds. The molecule has 0 aliphatic rings. The summed E-state index contributed by atoms with van der Waals surface area (Å²) < 4.78 is 8.02. The summed E-state index contributed by atoms with van der Waals surface area (Å²) in [6.45, 7) is 7.10. The second kappa shape index (κ2) is 7.32. The average Bonchev–Trinajstić information content (AvgIpc) is 2.90. The number of ether oxygens (including phenoxy) is 1. The molecule has 0 aliphatic carbocycles. The molecule has 0 bridgehead atoms. The van der Waals surface area contributed by atoms with E-state index in [1.165, 1.54) is 0 Å². The monoisotopic (exact) mass is 355 g/mol. The third-order valence-electron chi connectivity index (χ3n) is 4.51. The fraction of sp³-hybridized carbons (Fsp3) is 0.286. The molecule has 1 heterocycles. The Balaban J connectivity index is 1.82. The summed E-state index contributed by atoms with van der Waals surface area (Å²) in [5, 5.41) is 2.52. The fourth-order valence-electron chi connectivity index (χ4n) is 3.23. The number of aryl methyl sites for hydroxylation is 1. The first-order valence-electron chi connectivity index (χ1n) is 8.53. The lowest BCUT2D eigenvalue weighted by atomic mass is 10.1. The van der Waals surface area contributed by atoms with Crippen LogP contribution in [0.25, 0.3) is 10.8 Å². The van der Waals surface area contributed by atoms with Crippen molar-refractivity contribution in [2.45, 2.75) is 33.7 Å². The molecule has 0 fully saturated rings. The summed E-state index contributed by atoms with van der Waals surface area (Å²) in [6.07, 6.45) is 1.04. The average molecular weight is 356 g/mol. The quantitative estimate of drug-likeness (QED) is 0.540. The number of rotatable bonds is 6. The van der Waals surface area contributed by atoms with E-state index in [4.69, 9.17) is 16.3 Å². The maximum absolute atomic E-state index is 12.6. The predicted octanol–water partition coefficient (Wildman–Crippen LogP) is 5.58. The fourth-order valence-corrected chi connectivity index (χ4v) is 3.46. The van der Waals surface area contributed by atoms with Crippen molar-refractivity contribution < 1.29 is 9.53 Å². The Hall–Kier alpha value is -2.26. The molecule has 3 rings (SSSR count). The molecule has 0 saturated heterocycles. The predicted molar refractivity (Wildman–Crippen MR) is 103 cm³/mol. The van der Waals surface area contributed by atoms with Crippen molar-refractivity contribution in [3.63, 3.8) is 0 Å². The van der Waals surface area contributed by atoms with Gasteiger partial charge in [0.25, 0.3) is 0 Å². The van der Waals surface area contributed by atoms with Gasteiger partial charge in [-0.1, -0.05) is 42.8 Å². The van der Waals surface area contributed by atoms with Gasteiger partial charge in [0.15, 0.2) is 6.61 Å². The molecule has 2 aromatic carbocycles. The highest BCUT2D eigenvalue weighted by Crippen LogP contribution is 2.31. The molecule has 0 atom stereocenters. The van der Waals surface area contributed by atoms with Crippen LogP contribution in [0.4, 0.5) is 0 Å². The van der Waals surface area contributed by atoms with Crippen LogP contribution < -0.4 is 4.74 Å². The number of ketones is 1. The van der Waals surface area contributed by atoms with Crippen molar-refractivity contribution in [3.05, 3.63) is 64.4 Å². The van der Waals surface area contributed by atoms with E-state index < -0.39 is 0 Å². The van der Waals surface area contributed by atoms with E-state index in [1.807, 2.05) is 50.2 Å². The highest BCUT2D eigenvalue weighted by atomic mass is 35.5. The summed E-state index contributed by atoms with van der Waals surface area (Å²) in [4.78, 5) is 12.6. The van der Waals surface area contributed by atoms with Crippen LogP contribution in [-0.2, 0) is 6.54 Å². The van der Waals surface area contributed by atoms with Crippen LogP contribution in [0, 0.1) is 13.8 Å². The molecule has 0 aliphatic heterocycles. The van der Waals surface area contributed by atoms with Gasteiger partial charge >= 0.3 is 0 Å². The van der Waals surface area contributed by atoms with Crippen LogP contribution in [0.15, 0.2) is 42.5 Å². The Morgan fingerprint density at radius 1 is 1.12 bits per heavy atom. The first-order valence-corrected chi connectivity index (χ1v) is 8.90. The lowest BCUT2D eigenvalue weighted by Crippen LogP contribution is -2.13. The Kier molecular flexibility index (Phi) is 5.14. The summed E-state index contributed by atoms with van der Waals surface area (Å²) in [5.74, 6) is 0.671. The summed E-state index contributed by atoms with van der Waals surface area (Å²) in [7, 11) is 0. The Morgan fingerprint density at radius 2 is 1.84 bits per heavy atom. The Bertz CT molecular complexity index is 927. The maximum Gasteiger partial charge on any atom is 0.202 e. The molecule has 0 spiro atoms. The SMILES string of the molecule is CCCn1c(C)cc(C(=O)COc2ccc(Cl)c3ccccc23)c1C. The van der Waals surface area contributed by atoms with E-state index in [-0.39, 0.29) is 12.4 Å². The van der Waals surface area contributed by atoms with Crippen LogP contribution in [-0.4, -0.2) is 17.0 Å². The number of carbonyl (C=O) groups is 1. The smallest absolute Gasteiger partial charge is 0.202 e. The minimum absolute atomic E-state index is 0.00511. The first kappa shape index (κ1) is 17.6. The van der Waals surface area contributed by atoms with Crippen molar-refractivity contribution in [2.24, 2.45) is 0 Å². The normalized spacial score (nSPS) is 11.0. The number of aromatic nitrogens is 1. The van der Waals surface area contributed by atoms with Crippen LogP contribution in [0.5, 0.6) is 5.75 Å². The maximum atomic E-state index is 12.6. The number of Topliss-reactive ketones (excluding diaryl/α,β-unsaturated/α-hetero) is 1. The van der Waals surface area contributed by atoms with Crippen LogP contribution in [0.3, 0.4) is 0 Å². The lowest BCUT2D eigenvalue weighted by molar-refractivity contribution is 0.0922. The molecule has 4 heteroatoms. The third-order valence-corrected chi connectivity index (χ3v) is 4.84. The van der Waals surface area contributed by atoms with Crippen LogP contribution in [0.1, 0.15) is 35.1 Å². The number of benzene rings is 2. The first-order chi connectivity index (χ1) is 12.0. The molecule has 0 radical (unpaired) electrons. The molecular formula is C21H22ClNO2. The largest absolute Gasteiger partial charge is 0.485 e. The van der Waals surface area contributed by atoms with Crippen molar-refractivity contribution in [1.82, 2.24) is 4.57 Å². The molecule has 0 N–H and O–H groups in total. The number of nitrogens with zero attached hydrogens (tertiary/aromatic N) is 1. The summed E-state index contributed by atoms with van der Waals surface area (Å²) in [5.41, 5.74) is 2.86. The van der Waals surface area contributed by atoms with E-state index in [0.29, 0.717) is 10.8 Å². The Morgan fingerprint density at radius 3 is 2.56 bits per heavy atom. The van der Waals surface area contributed by atoms with Crippen molar-refractivity contribution in [3.8, 4) is 5.75 Å². The van der Waals surface area contributed by atoms with Gasteiger partial charge in [-0.05, 0) is 38.5 Å². The van der Waals surface area contributed by atoms with Crippen LogP contribution >= 0.6 is 11.6 Å². The lowest BCUT2D eigenvalue weighted by Gasteiger charge is -2.10. The minimum Gasteiger partial charge on any atom is -0.485 e. The minimum atomic E-state index is -0.00511. The zero-order valence-electron chi connectivity index (χ0n) is 14.8. The molecule has 130 valence electrons. The highest BCUT2D eigenvalue weighted by molar-refractivity contribution is 6.35. The van der Waals surface area contributed by atoms with Crippen molar-refractivity contribution >= 4 is 28.2 Å². The number of halogens is 1. The van der Waals surface area contributed by atoms with E-state index >= 15 is 0 Å². The number of fused-ring (bicyclic) bond motifs is 1. The zero-order chi connectivity index (χ0) is 18.0. The van der Waals surface area contributed by atoms with Crippen LogP contribution in [0.2, 0.25) is 5.02 Å². The van der Waals surface area contributed by atoms with E-state index in [1.54, 1.807) is 6.07 Å². The van der Waals surface area contributed by atoms with Gasteiger partial charge in [0.05, 0.1) is 0 Å². The highest BCUT2D eigenvalue weighted by Gasteiger charge is 2.16. The van der Waals surface area contributed by atoms with Gasteiger partial charge in [-0.15, -0.1) is 0 Å². The molecule has 25 heavy (non-hydrogen) atoms. The van der Waals surface area contributed by atoms with Gasteiger partial charge in [0.1, 0.15) is 5.75 Å². The molecular weight excluding hydrogens is 334 g/mol. The van der Waals surface area contributed by atoms with E-state index in [0.717, 1.165) is 40.7 Å². The van der Waals surface area contributed by atoms with Gasteiger partial charge in [0, 0.05) is 39.3 Å². The standard InChI is InChI=1S/C21H22ClNO2/c1-4-11-23-14(2)12-18(15(23)3)20(24)13-25-21-10-9-19(22)16-7-5-6-8-17(16)21/h5-10,12H,4,11,13H2,1-3H3. The molecule has 3 nitrogen and oxygen atoms in total. The molecule has 3 aromatic rings. The number of hydrogen-bond acceptors (Lipinski definition) is 2. The van der Waals surface area contributed by atoms with E-state index in [2.05, 4.69) is 11.5 Å². The summed E-state index contributed by atoms with van der Waals surface area (Å²) in [6, 6.07) is 13.3. The molecule has 0 unspecified atom stereocenters. The number of carbonyl (C=O) groups excluding carboxylic acids is 1. The van der Waals surface area contributed by atoms with E-state index in [9.17, 15) is 4.79 Å². The van der Waals surface area contributed by atoms with Gasteiger partial charge in [0.2, 0.25) is 5.78 Å². The second-order valence-electron chi connectivity index (χ2n) is 6.24.